The molecule has 0 unspecified atom stereocenters. The maximum Gasteiger partial charge on any atom is 0.197 e. The Labute approximate surface area is 110 Å². The van der Waals surface area contributed by atoms with E-state index in [0.29, 0.717) is 17.9 Å². The fourth-order valence-corrected chi connectivity index (χ4v) is 1.75. The molecule has 0 fully saturated rings. The van der Waals surface area contributed by atoms with Crippen LogP contribution in [-0.4, -0.2) is 26.5 Å². The van der Waals surface area contributed by atoms with Crippen molar-refractivity contribution < 1.29 is 4.74 Å². The van der Waals surface area contributed by atoms with Crippen LogP contribution < -0.4 is 4.74 Å². The molecule has 19 heavy (non-hydrogen) atoms. The van der Waals surface area contributed by atoms with Gasteiger partial charge in [0.2, 0.25) is 0 Å². The molecule has 2 heterocycles. The Bertz CT molecular complexity index is 670. The average molecular weight is 252 g/mol. The van der Waals surface area contributed by atoms with E-state index in [-0.39, 0.29) is 0 Å². The number of fused-ring (bicyclic) bond motifs is 1. The zero-order chi connectivity index (χ0) is 13.1. The number of H-pyrrole nitrogens is 1. The van der Waals surface area contributed by atoms with Crippen LogP contribution in [0.3, 0.4) is 0 Å². The van der Waals surface area contributed by atoms with Crippen LogP contribution in [-0.2, 0) is 0 Å². The van der Waals surface area contributed by atoms with Gasteiger partial charge in [-0.2, -0.15) is 0 Å². The Balaban J connectivity index is 1.90. The molecule has 0 amide bonds. The van der Waals surface area contributed by atoms with Crippen molar-refractivity contribution in [1.82, 2.24) is 19.9 Å². The Hall–Kier alpha value is -2.69. The molecule has 0 spiro atoms. The summed E-state index contributed by atoms with van der Waals surface area (Å²) in [5.41, 5.74) is 2.26. The van der Waals surface area contributed by atoms with Gasteiger partial charge in [0.25, 0.3) is 0 Å². The number of rotatable bonds is 4. The van der Waals surface area contributed by atoms with Gasteiger partial charge in [-0.15, -0.1) is 0 Å². The minimum absolute atomic E-state index is 0.498. The molecule has 0 aliphatic carbocycles. The summed E-state index contributed by atoms with van der Waals surface area (Å²) in [6.07, 6.45) is 4.97. The molecule has 1 aromatic carbocycles. The van der Waals surface area contributed by atoms with E-state index < -0.39 is 0 Å². The molecular weight excluding hydrogens is 240 g/mol. The molecule has 0 bridgehead atoms. The highest BCUT2D eigenvalue weighted by molar-refractivity contribution is 5.71. The van der Waals surface area contributed by atoms with Crippen LogP contribution in [0.25, 0.3) is 22.7 Å². The highest BCUT2D eigenvalue weighted by Crippen LogP contribution is 2.21. The van der Waals surface area contributed by atoms with Gasteiger partial charge in [0, 0.05) is 18.0 Å². The van der Waals surface area contributed by atoms with Gasteiger partial charge in [0.15, 0.2) is 11.3 Å². The molecule has 3 rings (SSSR count). The van der Waals surface area contributed by atoms with Crippen molar-refractivity contribution in [3.63, 3.8) is 0 Å². The zero-order valence-electron chi connectivity index (χ0n) is 10.2. The minimum atomic E-state index is 0.498. The third kappa shape index (κ3) is 2.30. The van der Waals surface area contributed by atoms with Crippen LogP contribution in [0.4, 0.5) is 0 Å². The van der Waals surface area contributed by atoms with E-state index in [1.807, 2.05) is 24.3 Å². The number of nitrogens with one attached hydrogen (secondary N) is 1. The predicted molar refractivity (Wildman–Crippen MR) is 72.8 cm³/mol. The van der Waals surface area contributed by atoms with Gasteiger partial charge in [0.1, 0.15) is 18.2 Å². The van der Waals surface area contributed by atoms with E-state index in [0.717, 1.165) is 17.1 Å². The number of hydrogen-bond acceptors (Lipinski definition) is 4. The predicted octanol–water partition coefficient (Wildman–Crippen LogP) is 2.58. The molecular formula is C14H12N4O. The third-order valence-corrected chi connectivity index (χ3v) is 2.63. The lowest BCUT2D eigenvalue weighted by atomic mass is 10.2. The summed E-state index contributed by atoms with van der Waals surface area (Å²) < 4.78 is 5.43. The first kappa shape index (κ1) is 11.4. The Morgan fingerprint density at radius 2 is 1.95 bits per heavy atom. The molecule has 3 aromatic rings. The lowest BCUT2D eigenvalue weighted by Crippen LogP contribution is -1.92. The normalized spacial score (nSPS) is 10.5. The number of hydrogen-bond donors (Lipinski definition) is 1. The summed E-state index contributed by atoms with van der Waals surface area (Å²) >= 11 is 0. The van der Waals surface area contributed by atoms with E-state index in [9.17, 15) is 0 Å². The standard InChI is InChI=1S/C14H12N4O/c1-2-9-19-11-5-3-10(4-6-11)12-17-13-14(18-12)16-8-7-15-13/h2-8H,1,9H2,(H,15,16,17,18). The van der Waals surface area contributed by atoms with Gasteiger partial charge in [-0.05, 0) is 24.3 Å². The largest absolute Gasteiger partial charge is 0.490 e. The van der Waals surface area contributed by atoms with Gasteiger partial charge in [-0.1, -0.05) is 12.7 Å². The molecule has 0 atom stereocenters. The Morgan fingerprint density at radius 3 is 2.68 bits per heavy atom. The van der Waals surface area contributed by atoms with Crippen molar-refractivity contribution in [2.24, 2.45) is 0 Å². The van der Waals surface area contributed by atoms with Gasteiger partial charge < -0.3 is 9.72 Å². The molecule has 94 valence electrons. The maximum absolute atomic E-state index is 5.43. The van der Waals surface area contributed by atoms with Gasteiger partial charge in [0.05, 0.1) is 0 Å². The highest BCUT2D eigenvalue weighted by atomic mass is 16.5. The first-order valence-electron chi connectivity index (χ1n) is 5.87. The number of aromatic amines is 1. The summed E-state index contributed by atoms with van der Waals surface area (Å²) in [5.74, 6) is 1.55. The molecule has 5 nitrogen and oxygen atoms in total. The minimum Gasteiger partial charge on any atom is -0.490 e. The molecule has 1 N–H and O–H groups in total. The topological polar surface area (TPSA) is 63.7 Å². The van der Waals surface area contributed by atoms with Crippen molar-refractivity contribution in [2.75, 3.05) is 6.61 Å². The van der Waals surface area contributed by atoms with Crippen LogP contribution in [0.2, 0.25) is 0 Å². The first-order valence-corrected chi connectivity index (χ1v) is 5.87. The van der Waals surface area contributed by atoms with Crippen molar-refractivity contribution in [3.8, 4) is 17.1 Å². The van der Waals surface area contributed by atoms with Gasteiger partial charge >= 0.3 is 0 Å². The molecule has 0 aliphatic rings. The fraction of sp³-hybridized carbons (Fsp3) is 0.0714. The molecule has 0 aliphatic heterocycles. The first-order chi connectivity index (χ1) is 9.36. The smallest absolute Gasteiger partial charge is 0.197 e. The lowest BCUT2D eigenvalue weighted by Gasteiger charge is -2.03. The number of imidazole rings is 1. The van der Waals surface area contributed by atoms with Crippen molar-refractivity contribution >= 4 is 11.3 Å². The second-order valence-corrected chi connectivity index (χ2v) is 3.94. The molecule has 5 heteroatoms. The summed E-state index contributed by atoms with van der Waals surface area (Å²) in [5, 5.41) is 0. The quantitative estimate of drug-likeness (QED) is 0.725. The number of ether oxygens (including phenoxy) is 1. The van der Waals surface area contributed by atoms with Gasteiger partial charge in [-0.25, -0.2) is 15.0 Å². The molecule has 0 radical (unpaired) electrons. The summed E-state index contributed by atoms with van der Waals surface area (Å²) in [6, 6.07) is 7.67. The Morgan fingerprint density at radius 1 is 1.16 bits per heavy atom. The number of nitrogens with zero attached hydrogens (tertiary/aromatic N) is 3. The maximum atomic E-state index is 5.43. The van der Waals surface area contributed by atoms with Crippen LogP contribution in [0.5, 0.6) is 5.75 Å². The van der Waals surface area contributed by atoms with Crippen LogP contribution in [0.1, 0.15) is 0 Å². The summed E-state index contributed by atoms with van der Waals surface area (Å²) in [7, 11) is 0. The third-order valence-electron chi connectivity index (χ3n) is 2.63. The molecule has 2 aromatic heterocycles. The van der Waals surface area contributed by atoms with E-state index in [1.54, 1.807) is 18.5 Å². The van der Waals surface area contributed by atoms with E-state index in [2.05, 4.69) is 26.5 Å². The second-order valence-electron chi connectivity index (χ2n) is 3.94. The highest BCUT2D eigenvalue weighted by Gasteiger charge is 2.06. The lowest BCUT2D eigenvalue weighted by molar-refractivity contribution is 0.363. The van der Waals surface area contributed by atoms with E-state index in [4.69, 9.17) is 4.74 Å². The van der Waals surface area contributed by atoms with E-state index in [1.165, 1.54) is 0 Å². The Kier molecular flexibility index (Phi) is 2.94. The second kappa shape index (κ2) is 4.89. The summed E-state index contributed by atoms with van der Waals surface area (Å²) in [6.45, 7) is 4.11. The van der Waals surface area contributed by atoms with Crippen LogP contribution in [0, 0.1) is 0 Å². The average Bonchev–Trinajstić information content (AvgIpc) is 2.89. The van der Waals surface area contributed by atoms with Crippen LogP contribution in [0.15, 0.2) is 49.3 Å². The molecule has 0 saturated heterocycles. The monoisotopic (exact) mass is 252 g/mol. The van der Waals surface area contributed by atoms with Crippen LogP contribution >= 0.6 is 0 Å². The van der Waals surface area contributed by atoms with Crippen molar-refractivity contribution in [2.45, 2.75) is 0 Å². The number of aromatic nitrogens is 4. The molecule has 0 saturated carbocycles. The van der Waals surface area contributed by atoms with Crippen molar-refractivity contribution in [3.05, 3.63) is 49.3 Å². The van der Waals surface area contributed by atoms with E-state index >= 15 is 0 Å². The summed E-state index contributed by atoms with van der Waals surface area (Å²) in [4.78, 5) is 15.8. The fourth-order valence-electron chi connectivity index (χ4n) is 1.75. The van der Waals surface area contributed by atoms with Crippen molar-refractivity contribution in [1.29, 1.82) is 0 Å². The number of benzene rings is 1. The SMILES string of the molecule is C=CCOc1ccc(-c2nc3nccnc3[nH]2)cc1. The van der Waals surface area contributed by atoms with Gasteiger partial charge in [-0.3, -0.25) is 0 Å². The zero-order valence-corrected chi connectivity index (χ0v) is 10.2.